The molecule has 0 aromatic heterocycles. The summed E-state index contributed by atoms with van der Waals surface area (Å²) < 4.78 is 39.5. The molecule has 422 valence electrons. The van der Waals surface area contributed by atoms with Gasteiger partial charge in [-0.2, -0.15) is 0 Å². The van der Waals surface area contributed by atoms with Crippen LogP contribution in [-0.2, 0) is 42.2 Å². The summed E-state index contributed by atoms with van der Waals surface area (Å²) in [6, 6.07) is 0. The van der Waals surface area contributed by atoms with Crippen LogP contribution in [0.3, 0.4) is 0 Å². The highest BCUT2D eigenvalue weighted by Crippen LogP contribution is 2.43. The molecule has 0 spiro atoms. The largest absolute Gasteiger partial charge is 0.472 e. The maximum atomic E-state index is 12.9. The van der Waals surface area contributed by atoms with Crippen molar-refractivity contribution in [1.82, 2.24) is 0 Å². The lowest BCUT2D eigenvalue weighted by molar-refractivity contribution is -0.161. The summed E-state index contributed by atoms with van der Waals surface area (Å²) in [6.45, 7) is 4.60. The van der Waals surface area contributed by atoms with E-state index < -0.39 is 57.8 Å². The fraction of sp³-hybridized carbons (Fsp3) is 0.850. The molecule has 11 nitrogen and oxygen atoms in total. The second kappa shape index (κ2) is 54.9. The molecule has 0 aliphatic heterocycles. The van der Waals surface area contributed by atoms with E-state index in [1.807, 2.05) is 0 Å². The maximum Gasteiger partial charge on any atom is 0.472 e. The normalized spacial score (nSPS) is 13.6. The lowest BCUT2D eigenvalue weighted by atomic mass is 10.0. The summed E-state index contributed by atoms with van der Waals surface area (Å²) in [6.07, 6.45) is 56.8. The van der Waals surface area contributed by atoms with Crippen LogP contribution in [0.15, 0.2) is 36.5 Å². The van der Waals surface area contributed by atoms with Gasteiger partial charge in [0.15, 0.2) is 6.10 Å². The van der Waals surface area contributed by atoms with Crippen molar-refractivity contribution in [3.63, 3.8) is 0 Å². The molecule has 72 heavy (non-hydrogen) atoms. The molecule has 0 amide bonds. The van der Waals surface area contributed by atoms with Crippen molar-refractivity contribution < 1.29 is 52.2 Å². The fourth-order valence-corrected chi connectivity index (χ4v) is 9.21. The molecule has 0 bridgehead atoms. The number of allylic oxidation sites excluding steroid dienone is 6. The molecule has 0 saturated carbocycles. The van der Waals surface area contributed by atoms with Gasteiger partial charge in [0.2, 0.25) is 0 Å². The Morgan fingerprint density at radius 1 is 0.389 bits per heavy atom. The Labute approximate surface area is 441 Å². The average molecular weight is 1040 g/mol. The highest BCUT2D eigenvalue weighted by molar-refractivity contribution is 7.47. The van der Waals surface area contributed by atoms with Gasteiger partial charge in [0.1, 0.15) is 12.7 Å². The van der Waals surface area contributed by atoms with Gasteiger partial charge in [-0.1, -0.05) is 237 Å². The van der Waals surface area contributed by atoms with Crippen LogP contribution in [0.1, 0.15) is 290 Å². The molecule has 0 radical (unpaired) electrons. The second-order valence-electron chi connectivity index (χ2n) is 20.2. The number of hydrogen-bond acceptors (Lipinski definition) is 10. The predicted octanol–water partition coefficient (Wildman–Crippen LogP) is 17.6. The number of ether oxygens (including phenoxy) is 3. The number of hydrogen-bond donors (Lipinski definition) is 2. The van der Waals surface area contributed by atoms with Gasteiger partial charge in [0.05, 0.1) is 19.8 Å². The Balaban J connectivity index is 4.68. The molecule has 2 N–H and O–H groups in total. The predicted molar refractivity (Wildman–Crippen MR) is 298 cm³/mol. The minimum atomic E-state index is -4.75. The fourth-order valence-electron chi connectivity index (χ4n) is 8.43. The first-order chi connectivity index (χ1) is 35.2. The first kappa shape index (κ1) is 69.7. The van der Waals surface area contributed by atoms with Crippen LogP contribution in [0.25, 0.3) is 0 Å². The highest BCUT2D eigenvalue weighted by Gasteiger charge is 2.28. The van der Waals surface area contributed by atoms with E-state index in [1.54, 1.807) is 0 Å². The van der Waals surface area contributed by atoms with E-state index in [0.29, 0.717) is 19.3 Å². The Morgan fingerprint density at radius 2 is 0.694 bits per heavy atom. The first-order valence-electron chi connectivity index (χ1n) is 29.9. The number of phosphoric acid groups is 1. The minimum Gasteiger partial charge on any atom is -0.462 e. The summed E-state index contributed by atoms with van der Waals surface area (Å²) in [5.41, 5.74) is 0. The standard InChI is InChI=1S/C60H111O11P/c1-4-7-10-13-16-19-22-24-26-27-28-29-31-32-35-37-40-43-46-49-58(62)67-53-57(71-60(64)51-48-45-42-39-36-33-30-25-23-20-17-14-11-8-5-2)55-69-72(65,66)68-54-56(52-61)70-59(63)50-47-44-41-38-34-21-18-15-12-9-6-3/h15,17-18,20,25,30,56-57,61H,4-14,16,19,21-24,26-29,31-55H2,1-3H3,(H,65,66)/b18-15-,20-17-,30-25-. The van der Waals surface area contributed by atoms with E-state index in [-0.39, 0.29) is 25.9 Å². The zero-order chi connectivity index (χ0) is 52.7. The van der Waals surface area contributed by atoms with Gasteiger partial charge in [0.25, 0.3) is 0 Å². The van der Waals surface area contributed by atoms with Gasteiger partial charge >= 0.3 is 25.7 Å². The Bertz CT molecular complexity index is 1350. The number of rotatable bonds is 56. The topological polar surface area (TPSA) is 155 Å². The lowest BCUT2D eigenvalue weighted by Crippen LogP contribution is -2.30. The van der Waals surface area contributed by atoms with Crippen LogP contribution >= 0.6 is 7.82 Å². The third-order valence-electron chi connectivity index (χ3n) is 13.0. The van der Waals surface area contributed by atoms with Crippen LogP contribution in [-0.4, -0.2) is 66.5 Å². The molecule has 0 aliphatic rings. The summed E-state index contributed by atoms with van der Waals surface area (Å²) >= 11 is 0. The first-order valence-corrected chi connectivity index (χ1v) is 31.4. The van der Waals surface area contributed by atoms with Crippen LogP contribution in [0.4, 0.5) is 0 Å². The zero-order valence-corrected chi connectivity index (χ0v) is 47.6. The molecule has 0 rings (SSSR count). The molecule has 0 aliphatic carbocycles. The van der Waals surface area contributed by atoms with Gasteiger partial charge in [-0.25, -0.2) is 4.57 Å². The molecule has 3 unspecified atom stereocenters. The SMILES string of the molecule is CCCC/C=C\CCCCCCCC(=O)OC(CO)COP(=O)(O)OCC(COC(=O)CCCCCCCCCCCCCCCCCCCCC)OC(=O)CCCCCCC/C=C\C/C=C\CCCCC. The molecule has 0 aromatic rings. The van der Waals surface area contributed by atoms with Gasteiger partial charge in [-0.15, -0.1) is 0 Å². The summed E-state index contributed by atoms with van der Waals surface area (Å²) in [5.74, 6) is -1.47. The van der Waals surface area contributed by atoms with Crippen LogP contribution in [0, 0.1) is 0 Å². The molecule has 12 heteroatoms. The van der Waals surface area contributed by atoms with Crippen molar-refractivity contribution in [2.45, 2.75) is 303 Å². The summed E-state index contributed by atoms with van der Waals surface area (Å²) in [4.78, 5) is 48.5. The van der Waals surface area contributed by atoms with Crippen molar-refractivity contribution in [3.8, 4) is 0 Å². The van der Waals surface area contributed by atoms with Crippen molar-refractivity contribution in [3.05, 3.63) is 36.5 Å². The number of carbonyl (C=O) groups excluding carboxylic acids is 3. The number of phosphoric ester groups is 1. The van der Waals surface area contributed by atoms with Crippen molar-refractivity contribution in [1.29, 1.82) is 0 Å². The quantitative estimate of drug-likeness (QED) is 0.0197. The van der Waals surface area contributed by atoms with Crippen LogP contribution in [0.2, 0.25) is 0 Å². The molecule has 0 fully saturated rings. The number of carbonyl (C=O) groups is 3. The van der Waals surface area contributed by atoms with Gasteiger partial charge in [-0.05, 0) is 70.6 Å². The van der Waals surface area contributed by atoms with Crippen LogP contribution < -0.4 is 0 Å². The van der Waals surface area contributed by atoms with Crippen LogP contribution in [0.5, 0.6) is 0 Å². The maximum absolute atomic E-state index is 12.9. The van der Waals surface area contributed by atoms with E-state index >= 15 is 0 Å². The van der Waals surface area contributed by atoms with Gasteiger partial charge in [-0.3, -0.25) is 23.4 Å². The Kier molecular flexibility index (Phi) is 53.2. The molecular weight excluding hydrogens is 928 g/mol. The number of aliphatic hydroxyl groups excluding tert-OH is 1. The number of esters is 3. The summed E-state index contributed by atoms with van der Waals surface area (Å²) in [5, 5.41) is 9.79. The molecule has 3 atom stereocenters. The number of unbranched alkanes of at least 4 members (excludes halogenated alkanes) is 33. The smallest absolute Gasteiger partial charge is 0.462 e. The van der Waals surface area contributed by atoms with Gasteiger partial charge in [0, 0.05) is 19.3 Å². The van der Waals surface area contributed by atoms with Crippen molar-refractivity contribution in [2.75, 3.05) is 26.4 Å². The monoisotopic (exact) mass is 1040 g/mol. The molecule has 0 heterocycles. The van der Waals surface area contributed by atoms with E-state index in [2.05, 4.69) is 57.2 Å². The number of aliphatic hydroxyl groups is 1. The second-order valence-corrected chi connectivity index (χ2v) is 21.6. The Hall–Kier alpha value is -2.30. The Morgan fingerprint density at radius 3 is 1.11 bits per heavy atom. The minimum absolute atomic E-state index is 0.155. The van der Waals surface area contributed by atoms with E-state index in [0.717, 1.165) is 103 Å². The summed E-state index contributed by atoms with van der Waals surface area (Å²) in [7, 11) is -4.75. The molecular formula is C60H111O11P. The molecule has 0 aromatic carbocycles. The lowest BCUT2D eigenvalue weighted by Gasteiger charge is -2.21. The third kappa shape index (κ3) is 52.6. The van der Waals surface area contributed by atoms with Crippen molar-refractivity contribution in [2.24, 2.45) is 0 Å². The zero-order valence-electron chi connectivity index (χ0n) is 46.7. The highest BCUT2D eigenvalue weighted by atomic mass is 31.2. The molecule has 0 saturated heterocycles. The third-order valence-corrected chi connectivity index (χ3v) is 14.0. The van der Waals surface area contributed by atoms with E-state index in [4.69, 9.17) is 23.3 Å². The van der Waals surface area contributed by atoms with Gasteiger partial charge < -0.3 is 24.2 Å². The average Bonchev–Trinajstić information content (AvgIpc) is 3.37. The van der Waals surface area contributed by atoms with E-state index in [9.17, 15) is 28.9 Å². The van der Waals surface area contributed by atoms with E-state index in [1.165, 1.54) is 128 Å². The van der Waals surface area contributed by atoms with Crippen molar-refractivity contribution >= 4 is 25.7 Å².